The molecular weight excluding hydrogens is 272 g/mol. The summed E-state index contributed by atoms with van der Waals surface area (Å²) in [7, 11) is 0. The van der Waals surface area contributed by atoms with E-state index in [9.17, 15) is 4.79 Å². The van der Waals surface area contributed by atoms with Crippen LogP contribution in [0.4, 0.5) is 0 Å². The van der Waals surface area contributed by atoms with Gasteiger partial charge >= 0.3 is 0 Å². The summed E-state index contributed by atoms with van der Waals surface area (Å²) in [4.78, 5) is 12.8. The van der Waals surface area contributed by atoms with Crippen LogP contribution in [0.5, 0.6) is 0 Å². The Morgan fingerprint density at radius 3 is 2.77 bits per heavy atom. The van der Waals surface area contributed by atoms with Gasteiger partial charge in [-0.1, -0.05) is 38.1 Å². The molecule has 1 aromatic carbocycles. The van der Waals surface area contributed by atoms with Crippen LogP contribution in [0.2, 0.25) is 0 Å². The molecule has 1 saturated carbocycles. The first-order valence-electron chi connectivity index (χ1n) is 8.71. The Labute approximate surface area is 133 Å². The first-order valence-corrected chi connectivity index (χ1v) is 8.71. The number of rotatable bonds is 5. The number of hydrogen-bond donors (Lipinski definition) is 2. The topological polar surface area (TPSA) is 55.1 Å². The molecule has 1 fully saturated rings. The fourth-order valence-electron chi connectivity index (χ4n) is 4.29. The van der Waals surface area contributed by atoms with Crippen molar-refractivity contribution in [3.63, 3.8) is 0 Å². The number of benzene rings is 1. The predicted molar refractivity (Wildman–Crippen MR) is 89.7 cm³/mol. The normalized spacial score (nSPS) is 26.6. The summed E-state index contributed by atoms with van der Waals surface area (Å²) in [5.74, 6) is 0.351. The highest BCUT2D eigenvalue weighted by molar-refractivity contribution is 5.85. The molecule has 22 heavy (non-hydrogen) atoms. The molecule has 2 aliphatic carbocycles. The average molecular weight is 300 g/mol. The number of hydrogen-bond acceptors (Lipinski definition) is 2. The van der Waals surface area contributed by atoms with Gasteiger partial charge in [-0.15, -0.1) is 0 Å². The molecule has 2 unspecified atom stereocenters. The SMILES string of the molecule is CCC(CC)(CN)NC(=O)C1CC12CCCc1ccccc12. The van der Waals surface area contributed by atoms with E-state index in [4.69, 9.17) is 5.73 Å². The van der Waals surface area contributed by atoms with Crippen LogP contribution >= 0.6 is 0 Å². The Bertz CT molecular complexity index is 556. The van der Waals surface area contributed by atoms with Crippen molar-refractivity contribution < 1.29 is 4.79 Å². The predicted octanol–water partition coefficient (Wildman–Crippen LogP) is 2.91. The summed E-state index contributed by atoms with van der Waals surface area (Å²) in [6.45, 7) is 4.73. The van der Waals surface area contributed by atoms with Crippen LogP contribution in [0.25, 0.3) is 0 Å². The van der Waals surface area contributed by atoms with Crippen LogP contribution in [0.15, 0.2) is 24.3 Å². The molecule has 0 radical (unpaired) electrons. The molecule has 2 aliphatic rings. The van der Waals surface area contributed by atoms with E-state index in [1.54, 1.807) is 0 Å². The fourth-order valence-corrected chi connectivity index (χ4v) is 4.29. The van der Waals surface area contributed by atoms with Gasteiger partial charge in [-0.3, -0.25) is 4.79 Å². The minimum atomic E-state index is -0.227. The molecule has 1 spiro atoms. The maximum Gasteiger partial charge on any atom is 0.224 e. The number of carbonyl (C=O) groups excluding carboxylic acids is 1. The molecule has 3 nitrogen and oxygen atoms in total. The molecule has 2 atom stereocenters. The van der Waals surface area contributed by atoms with Gasteiger partial charge in [0.2, 0.25) is 5.91 Å². The van der Waals surface area contributed by atoms with Gasteiger partial charge in [-0.2, -0.15) is 0 Å². The molecule has 0 heterocycles. The Morgan fingerprint density at radius 2 is 2.09 bits per heavy atom. The average Bonchev–Trinajstić information content (AvgIpc) is 3.28. The monoisotopic (exact) mass is 300 g/mol. The zero-order valence-corrected chi connectivity index (χ0v) is 13.8. The number of aryl methyl sites for hydroxylation is 1. The second-order valence-electron chi connectivity index (χ2n) is 7.10. The minimum Gasteiger partial charge on any atom is -0.349 e. The van der Waals surface area contributed by atoms with Gasteiger partial charge in [0.15, 0.2) is 0 Å². The molecule has 3 rings (SSSR count). The van der Waals surface area contributed by atoms with Crippen molar-refractivity contribution in [2.45, 2.75) is 63.3 Å². The van der Waals surface area contributed by atoms with Crippen LogP contribution in [0.1, 0.15) is 57.1 Å². The third kappa shape index (κ3) is 2.36. The summed E-state index contributed by atoms with van der Waals surface area (Å²) in [5.41, 5.74) is 8.68. The molecule has 3 heteroatoms. The molecule has 3 N–H and O–H groups in total. The molecule has 120 valence electrons. The Hall–Kier alpha value is -1.35. The van der Waals surface area contributed by atoms with E-state index < -0.39 is 0 Å². The molecule has 0 aliphatic heterocycles. The molecule has 0 bridgehead atoms. The quantitative estimate of drug-likeness (QED) is 0.878. The summed E-state index contributed by atoms with van der Waals surface area (Å²) in [6, 6.07) is 8.69. The highest BCUT2D eigenvalue weighted by atomic mass is 16.2. The third-order valence-corrected chi connectivity index (χ3v) is 6.15. The fraction of sp³-hybridized carbons (Fsp3) is 0.632. The summed E-state index contributed by atoms with van der Waals surface area (Å²) >= 11 is 0. The first-order chi connectivity index (χ1) is 10.6. The van der Waals surface area contributed by atoms with Crippen molar-refractivity contribution >= 4 is 5.91 Å². The zero-order valence-electron chi connectivity index (χ0n) is 13.8. The second kappa shape index (κ2) is 5.69. The standard InChI is InChI=1S/C19H28N2O/c1-3-18(4-2,13-20)21-17(22)16-12-19(16)11-7-9-14-8-5-6-10-15(14)19/h5-6,8,10,16H,3-4,7,9,11-13,20H2,1-2H3,(H,21,22). The summed E-state index contributed by atoms with van der Waals surface area (Å²) in [5, 5.41) is 3.28. The van der Waals surface area contributed by atoms with Crippen molar-refractivity contribution in [1.82, 2.24) is 5.32 Å². The van der Waals surface area contributed by atoms with Crippen LogP contribution in [0, 0.1) is 5.92 Å². The van der Waals surface area contributed by atoms with E-state index in [1.807, 2.05) is 0 Å². The number of amides is 1. The largest absolute Gasteiger partial charge is 0.349 e. The van der Waals surface area contributed by atoms with Gasteiger partial charge in [0.1, 0.15) is 0 Å². The molecule has 0 aromatic heterocycles. The lowest BCUT2D eigenvalue weighted by Crippen LogP contribution is -2.53. The maximum absolute atomic E-state index is 12.8. The maximum atomic E-state index is 12.8. The Morgan fingerprint density at radius 1 is 1.36 bits per heavy atom. The van der Waals surface area contributed by atoms with Crippen LogP contribution in [0.3, 0.4) is 0 Å². The third-order valence-electron chi connectivity index (χ3n) is 6.15. The molecule has 1 aromatic rings. The van der Waals surface area contributed by atoms with Crippen LogP contribution in [-0.2, 0) is 16.6 Å². The van der Waals surface area contributed by atoms with Gasteiger partial charge in [-0.25, -0.2) is 0 Å². The van der Waals surface area contributed by atoms with Gasteiger partial charge < -0.3 is 11.1 Å². The molecule has 1 amide bonds. The van der Waals surface area contributed by atoms with E-state index >= 15 is 0 Å². The van der Waals surface area contributed by atoms with Crippen LogP contribution in [-0.4, -0.2) is 18.0 Å². The highest BCUT2D eigenvalue weighted by Gasteiger charge is 2.60. The van der Waals surface area contributed by atoms with Crippen molar-refractivity contribution in [3.8, 4) is 0 Å². The highest BCUT2D eigenvalue weighted by Crippen LogP contribution is 2.60. The number of nitrogens with one attached hydrogen (secondary N) is 1. The lowest BCUT2D eigenvalue weighted by molar-refractivity contribution is -0.124. The minimum absolute atomic E-state index is 0.112. The van der Waals surface area contributed by atoms with Crippen molar-refractivity contribution in [3.05, 3.63) is 35.4 Å². The van der Waals surface area contributed by atoms with E-state index in [-0.39, 0.29) is 22.8 Å². The van der Waals surface area contributed by atoms with Gasteiger partial charge in [-0.05, 0) is 49.7 Å². The number of nitrogens with two attached hydrogens (primary N) is 1. The lowest BCUT2D eigenvalue weighted by Gasteiger charge is -2.32. The van der Waals surface area contributed by atoms with Gasteiger partial charge in [0, 0.05) is 17.9 Å². The van der Waals surface area contributed by atoms with Crippen molar-refractivity contribution in [1.29, 1.82) is 0 Å². The second-order valence-corrected chi connectivity index (χ2v) is 7.10. The van der Waals surface area contributed by atoms with E-state index in [1.165, 1.54) is 17.5 Å². The lowest BCUT2D eigenvalue weighted by atomic mass is 9.78. The van der Waals surface area contributed by atoms with Crippen LogP contribution < -0.4 is 11.1 Å². The van der Waals surface area contributed by atoms with Gasteiger partial charge in [0.25, 0.3) is 0 Å². The smallest absolute Gasteiger partial charge is 0.224 e. The van der Waals surface area contributed by atoms with Crippen molar-refractivity contribution in [2.75, 3.05) is 6.54 Å². The number of carbonyl (C=O) groups is 1. The zero-order chi connectivity index (χ0) is 15.8. The van der Waals surface area contributed by atoms with E-state index in [0.717, 1.165) is 32.1 Å². The Kier molecular flexibility index (Phi) is 4.02. The first kappa shape index (κ1) is 15.5. The Balaban J connectivity index is 1.79. The summed E-state index contributed by atoms with van der Waals surface area (Å²) < 4.78 is 0. The van der Waals surface area contributed by atoms with E-state index in [0.29, 0.717) is 6.54 Å². The molecule has 0 saturated heterocycles. The molecular formula is C19H28N2O. The summed E-state index contributed by atoms with van der Waals surface area (Å²) in [6.07, 6.45) is 6.29. The van der Waals surface area contributed by atoms with Crippen molar-refractivity contribution in [2.24, 2.45) is 11.7 Å². The number of fused-ring (bicyclic) bond motifs is 2. The van der Waals surface area contributed by atoms with E-state index in [2.05, 4.69) is 43.4 Å². The van der Waals surface area contributed by atoms with Gasteiger partial charge in [0.05, 0.1) is 5.54 Å².